The van der Waals surface area contributed by atoms with Gasteiger partial charge in [0, 0.05) is 18.0 Å². The Labute approximate surface area is 88.9 Å². The second kappa shape index (κ2) is 5.54. The maximum Gasteiger partial charge on any atom is 0.337 e. The molecule has 0 atom stereocenters. The summed E-state index contributed by atoms with van der Waals surface area (Å²) in [7, 11) is 1.37. The Bertz CT molecular complexity index is 315. The molecule has 1 aromatic rings. The van der Waals surface area contributed by atoms with Crippen LogP contribution in [0.15, 0.2) is 24.3 Å². The number of carbonyl (C=O) groups excluding carboxylic acids is 1. The fraction of sp³-hybridized carbons (Fsp3) is 0.300. The smallest absolute Gasteiger partial charge is 0.337 e. The van der Waals surface area contributed by atoms with Crippen molar-refractivity contribution in [1.82, 2.24) is 0 Å². The lowest BCUT2D eigenvalue weighted by atomic mass is 10.2. The zero-order valence-corrected chi connectivity index (χ0v) is 8.88. The van der Waals surface area contributed by atoms with Crippen LogP contribution >= 0.6 is 12.6 Å². The lowest BCUT2D eigenvalue weighted by Gasteiger charge is -2.05. The van der Waals surface area contributed by atoms with Gasteiger partial charge in [-0.15, -0.1) is 0 Å². The van der Waals surface area contributed by atoms with Gasteiger partial charge in [-0.05, 0) is 18.2 Å². The third-order valence-corrected chi connectivity index (χ3v) is 1.95. The molecule has 1 N–H and O–H groups in total. The highest BCUT2D eigenvalue weighted by Crippen LogP contribution is 2.11. The van der Waals surface area contributed by atoms with Crippen molar-refractivity contribution in [3.8, 4) is 0 Å². The number of rotatable bonds is 4. The third kappa shape index (κ3) is 2.96. The van der Waals surface area contributed by atoms with Crippen LogP contribution in [0.5, 0.6) is 0 Å². The van der Waals surface area contributed by atoms with Crippen molar-refractivity contribution in [1.29, 1.82) is 0 Å². The zero-order chi connectivity index (χ0) is 10.4. The topological polar surface area (TPSA) is 38.3 Å². The maximum absolute atomic E-state index is 11.2. The van der Waals surface area contributed by atoms with Crippen molar-refractivity contribution in [2.45, 2.75) is 0 Å². The van der Waals surface area contributed by atoms with Gasteiger partial charge in [-0.25, -0.2) is 4.79 Å². The average Bonchev–Trinajstić information content (AvgIpc) is 2.25. The number of esters is 1. The standard InChI is InChI=1S/C10H13NO2S/c1-13-10(12)8-3-2-4-9(7-8)11-5-6-14/h2-4,7,11,14H,5-6H2,1H3. The molecule has 0 unspecified atom stereocenters. The SMILES string of the molecule is COC(=O)c1cccc(NCCS)c1. The molecule has 0 aliphatic rings. The number of nitrogens with one attached hydrogen (secondary N) is 1. The molecule has 76 valence electrons. The normalized spacial score (nSPS) is 9.57. The van der Waals surface area contributed by atoms with Crippen LogP contribution in [0.1, 0.15) is 10.4 Å². The van der Waals surface area contributed by atoms with Crippen LogP contribution in [0.4, 0.5) is 5.69 Å². The Hall–Kier alpha value is -1.16. The minimum atomic E-state index is -0.320. The highest BCUT2D eigenvalue weighted by Gasteiger charge is 2.04. The van der Waals surface area contributed by atoms with E-state index in [1.54, 1.807) is 12.1 Å². The van der Waals surface area contributed by atoms with Gasteiger partial charge in [0.1, 0.15) is 0 Å². The van der Waals surface area contributed by atoms with E-state index in [9.17, 15) is 4.79 Å². The molecule has 0 spiro atoms. The molecule has 0 aliphatic heterocycles. The molecule has 0 fully saturated rings. The van der Waals surface area contributed by atoms with Gasteiger partial charge in [0.2, 0.25) is 0 Å². The number of ether oxygens (including phenoxy) is 1. The van der Waals surface area contributed by atoms with E-state index < -0.39 is 0 Å². The van der Waals surface area contributed by atoms with Gasteiger partial charge < -0.3 is 10.1 Å². The Kier molecular flexibility index (Phi) is 4.32. The van der Waals surface area contributed by atoms with Gasteiger partial charge in [0.05, 0.1) is 12.7 Å². The van der Waals surface area contributed by atoms with E-state index in [4.69, 9.17) is 0 Å². The Morgan fingerprint density at radius 1 is 1.57 bits per heavy atom. The zero-order valence-electron chi connectivity index (χ0n) is 7.99. The summed E-state index contributed by atoms with van der Waals surface area (Å²) >= 11 is 4.08. The molecule has 0 aromatic heterocycles. The van der Waals surface area contributed by atoms with Crippen molar-refractivity contribution >= 4 is 24.3 Å². The number of hydrogen-bond donors (Lipinski definition) is 2. The molecule has 1 aromatic carbocycles. The quantitative estimate of drug-likeness (QED) is 0.589. The summed E-state index contributed by atoms with van der Waals surface area (Å²) in [6.45, 7) is 0.772. The van der Waals surface area contributed by atoms with E-state index in [0.29, 0.717) is 5.56 Å². The fourth-order valence-electron chi connectivity index (χ4n) is 1.07. The van der Waals surface area contributed by atoms with Crippen LogP contribution in [-0.2, 0) is 4.74 Å². The van der Waals surface area contributed by atoms with Gasteiger partial charge >= 0.3 is 5.97 Å². The summed E-state index contributed by atoms with van der Waals surface area (Å²) in [6, 6.07) is 7.19. The number of hydrogen-bond acceptors (Lipinski definition) is 4. The van der Waals surface area contributed by atoms with Crippen LogP contribution in [-0.4, -0.2) is 25.4 Å². The first-order chi connectivity index (χ1) is 6.77. The van der Waals surface area contributed by atoms with Crippen molar-refractivity contribution < 1.29 is 9.53 Å². The van der Waals surface area contributed by atoms with Gasteiger partial charge in [0.25, 0.3) is 0 Å². The van der Waals surface area contributed by atoms with E-state index in [2.05, 4.69) is 22.7 Å². The summed E-state index contributed by atoms with van der Waals surface area (Å²) in [4.78, 5) is 11.2. The predicted molar refractivity (Wildman–Crippen MR) is 60.1 cm³/mol. The molecule has 1 rings (SSSR count). The first-order valence-corrected chi connectivity index (χ1v) is 4.94. The molecule has 3 nitrogen and oxygen atoms in total. The second-order valence-electron chi connectivity index (χ2n) is 2.72. The number of methoxy groups -OCH3 is 1. The van der Waals surface area contributed by atoms with Crippen molar-refractivity contribution in [2.75, 3.05) is 24.7 Å². The molecule has 4 heteroatoms. The Morgan fingerprint density at radius 3 is 3.00 bits per heavy atom. The highest BCUT2D eigenvalue weighted by atomic mass is 32.1. The molecule has 0 saturated carbocycles. The Balaban J connectivity index is 2.73. The summed E-state index contributed by atoms with van der Waals surface area (Å²) < 4.78 is 4.61. The fourth-order valence-corrected chi connectivity index (χ4v) is 1.19. The van der Waals surface area contributed by atoms with Crippen LogP contribution < -0.4 is 5.32 Å². The van der Waals surface area contributed by atoms with Gasteiger partial charge in [-0.1, -0.05) is 6.07 Å². The summed E-state index contributed by atoms with van der Waals surface area (Å²) in [6.07, 6.45) is 0. The summed E-state index contributed by atoms with van der Waals surface area (Å²) in [5.41, 5.74) is 1.46. The van der Waals surface area contributed by atoms with Crippen LogP contribution in [0, 0.1) is 0 Å². The van der Waals surface area contributed by atoms with Crippen molar-refractivity contribution in [3.05, 3.63) is 29.8 Å². The predicted octanol–water partition coefficient (Wildman–Crippen LogP) is 1.81. The van der Waals surface area contributed by atoms with Crippen molar-refractivity contribution in [2.24, 2.45) is 0 Å². The third-order valence-electron chi connectivity index (χ3n) is 1.72. The first kappa shape index (κ1) is 10.9. The van der Waals surface area contributed by atoms with E-state index in [0.717, 1.165) is 18.0 Å². The van der Waals surface area contributed by atoms with Gasteiger partial charge in [0.15, 0.2) is 0 Å². The van der Waals surface area contributed by atoms with Crippen molar-refractivity contribution in [3.63, 3.8) is 0 Å². The highest BCUT2D eigenvalue weighted by molar-refractivity contribution is 7.80. The van der Waals surface area contributed by atoms with E-state index in [1.165, 1.54) is 7.11 Å². The van der Waals surface area contributed by atoms with Gasteiger partial charge in [-0.3, -0.25) is 0 Å². The van der Waals surface area contributed by atoms with E-state index >= 15 is 0 Å². The molecule has 0 bridgehead atoms. The number of thiol groups is 1. The Morgan fingerprint density at radius 2 is 2.36 bits per heavy atom. The largest absolute Gasteiger partial charge is 0.465 e. The van der Waals surface area contributed by atoms with Crippen LogP contribution in [0.25, 0.3) is 0 Å². The second-order valence-corrected chi connectivity index (χ2v) is 3.17. The van der Waals surface area contributed by atoms with Crippen LogP contribution in [0.2, 0.25) is 0 Å². The molecular formula is C10H13NO2S. The molecule has 14 heavy (non-hydrogen) atoms. The van der Waals surface area contributed by atoms with E-state index in [-0.39, 0.29) is 5.97 Å². The summed E-state index contributed by atoms with van der Waals surface area (Å²) in [5, 5.41) is 3.13. The maximum atomic E-state index is 11.2. The molecule has 0 radical (unpaired) electrons. The monoisotopic (exact) mass is 211 g/mol. The number of benzene rings is 1. The van der Waals surface area contributed by atoms with E-state index in [1.807, 2.05) is 12.1 Å². The number of carbonyl (C=O) groups is 1. The van der Waals surface area contributed by atoms with Gasteiger partial charge in [-0.2, -0.15) is 12.6 Å². The molecule has 0 amide bonds. The number of anilines is 1. The first-order valence-electron chi connectivity index (χ1n) is 4.31. The molecule has 0 aliphatic carbocycles. The molecule has 0 heterocycles. The van der Waals surface area contributed by atoms with Crippen LogP contribution in [0.3, 0.4) is 0 Å². The lowest BCUT2D eigenvalue weighted by molar-refractivity contribution is 0.0601. The lowest BCUT2D eigenvalue weighted by Crippen LogP contribution is -2.05. The molecular weight excluding hydrogens is 198 g/mol. The summed E-state index contributed by atoms with van der Waals surface area (Å²) in [5.74, 6) is 0.433. The molecule has 0 saturated heterocycles. The minimum absolute atomic E-state index is 0.320. The average molecular weight is 211 g/mol. The minimum Gasteiger partial charge on any atom is -0.465 e.